The highest BCUT2D eigenvalue weighted by Crippen LogP contribution is 2.22. The molecule has 1 aromatic heterocycles. The van der Waals surface area contributed by atoms with Crippen LogP contribution in [0.2, 0.25) is 0 Å². The van der Waals surface area contributed by atoms with Gasteiger partial charge < -0.3 is 11.1 Å². The average Bonchev–Trinajstić information content (AvgIpc) is 2.86. The van der Waals surface area contributed by atoms with Crippen LogP contribution in [0.15, 0.2) is 27.5 Å². The normalized spacial score (nSPS) is 10.4. The van der Waals surface area contributed by atoms with Gasteiger partial charge in [-0.3, -0.25) is 4.79 Å². The van der Waals surface area contributed by atoms with Gasteiger partial charge in [-0.05, 0) is 28.1 Å². The summed E-state index contributed by atoms with van der Waals surface area (Å²) in [5.41, 5.74) is 8.40. The second-order valence-electron chi connectivity index (χ2n) is 3.84. The first kappa shape index (κ1) is 14.0. The van der Waals surface area contributed by atoms with E-state index in [9.17, 15) is 9.18 Å². The van der Waals surface area contributed by atoms with E-state index < -0.39 is 5.82 Å². The molecule has 4 nitrogen and oxygen atoms in total. The lowest BCUT2D eigenvalue weighted by Gasteiger charge is -2.07. The zero-order valence-electron chi connectivity index (χ0n) is 9.82. The molecule has 0 aliphatic heterocycles. The molecule has 0 unspecified atom stereocenters. The molecule has 0 saturated carbocycles. The number of rotatable bonds is 4. The maximum Gasteiger partial charge on any atom is 0.252 e. The second-order valence-corrected chi connectivity index (χ2v) is 5.41. The molecule has 100 valence electrons. The van der Waals surface area contributed by atoms with Crippen molar-refractivity contribution in [3.05, 3.63) is 44.6 Å². The Balaban J connectivity index is 1.98. The highest BCUT2D eigenvalue weighted by atomic mass is 79.9. The quantitative estimate of drug-likeness (QED) is 0.838. The first-order valence-corrected chi connectivity index (χ1v) is 7.21. The van der Waals surface area contributed by atoms with Crippen molar-refractivity contribution in [2.45, 2.75) is 6.42 Å². The van der Waals surface area contributed by atoms with E-state index in [4.69, 9.17) is 5.73 Å². The topological polar surface area (TPSA) is 68.0 Å². The predicted octanol–water partition coefficient (Wildman–Crippen LogP) is 2.60. The van der Waals surface area contributed by atoms with Crippen LogP contribution in [-0.2, 0) is 6.42 Å². The smallest absolute Gasteiger partial charge is 0.252 e. The van der Waals surface area contributed by atoms with Crippen molar-refractivity contribution in [2.75, 3.05) is 12.3 Å². The van der Waals surface area contributed by atoms with Crippen LogP contribution in [0.3, 0.4) is 0 Å². The highest BCUT2D eigenvalue weighted by Gasteiger charge is 2.13. The Bertz CT molecular complexity index is 589. The number of thiazole rings is 1. The molecule has 2 aromatic rings. The number of amides is 1. The minimum Gasteiger partial charge on any atom is -0.396 e. The van der Waals surface area contributed by atoms with E-state index >= 15 is 0 Å². The van der Waals surface area contributed by atoms with Crippen LogP contribution in [0.4, 0.5) is 10.1 Å². The number of hydrogen-bond acceptors (Lipinski definition) is 4. The number of benzene rings is 1. The number of aromatic nitrogens is 1. The lowest BCUT2D eigenvalue weighted by molar-refractivity contribution is 0.0953. The SMILES string of the molecule is Nc1cc(C(=O)NCCc2cscn2)c(Br)cc1F. The Morgan fingerprint density at radius 2 is 2.32 bits per heavy atom. The van der Waals surface area contributed by atoms with Crippen LogP contribution in [0, 0.1) is 5.82 Å². The van der Waals surface area contributed by atoms with E-state index in [1.54, 1.807) is 5.51 Å². The van der Waals surface area contributed by atoms with Gasteiger partial charge in [0.2, 0.25) is 0 Å². The van der Waals surface area contributed by atoms with Gasteiger partial charge in [0.05, 0.1) is 22.5 Å². The summed E-state index contributed by atoms with van der Waals surface area (Å²) in [6, 6.07) is 2.50. The van der Waals surface area contributed by atoms with Crippen LogP contribution in [-0.4, -0.2) is 17.4 Å². The largest absolute Gasteiger partial charge is 0.396 e. The average molecular weight is 344 g/mol. The van der Waals surface area contributed by atoms with Crippen molar-refractivity contribution in [1.82, 2.24) is 10.3 Å². The van der Waals surface area contributed by atoms with Gasteiger partial charge in [0.15, 0.2) is 0 Å². The molecule has 0 saturated heterocycles. The molecule has 0 aliphatic carbocycles. The molecule has 0 atom stereocenters. The van der Waals surface area contributed by atoms with Crippen LogP contribution in [0.1, 0.15) is 16.1 Å². The Labute approximate surface area is 122 Å². The summed E-state index contributed by atoms with van der Waals surface area (Å²) in [5, 5.41) is 4.67. The van der Waals surface area contributed by atoms with Gasteiger partial charge in [0.25, 0.3) is 5.91 Å². The third kappa shape index (κ3) is 3.51. The molecular weight excluding hydrogens is 333 g/mol. The summed E-state index contributed by atoms with van der Waals surface area (Å²) < 4.78 is 13.5. The maximum atomic E-state index is 13.2. The number of nitrogens with two attached hydrogens (primary N) is 1. The molecule has 2 rings (SSSR count). The Morgan fingerprint density at radius 1 is 1.53 bits per heavy atom. The molecule has 0 bridgehead atoms. The fourth-order valence-corrected chi connectivity index (χ4v) is 2.59. The monoisotopic (exact) mass is 343 g/mol. The number of anilines is 1. The van der Waals surface area contributed by atoms with E-state index in [1.807, 2.05) is 5.38 Å². The van der Waals surface area contributed by atoms with Gasteiger partial charge in [-0.1, -0.05) is 0 Å². The summed E-state index contributed by atoms with van der Waals surface area (Å²) in [7, 11) is 0. The number of carbonyl (C=O) groups excluding carboxylic acids is 1. The lowest BCUT2D eigenvalue weighted by atomic mass is 10.2. The molecule has 0 radical (unpaired) electrons. The summed E-state index contributed by atoms with van der Waals surface area (Å²) in [6.07, 6.45) is 0.656. The van der Waals surface area contributed by atoms with Gasteiger partial charge in [-0.15, -0.1) is 11.3 Å². The number of nitrogens with zero attached hydrogens (tertiary/aromatic N) is 1. The van der Waals surface area contributed by atoms with E-state index in [-0.39, 0.29) is 11.6 Å². The van der Waals surface area contributed by atoms with Gasteiger partial charge in [-0.25, -0.2) is 9.37 Å². The zero-order valence-corrected chi connectivity index (χ0v) is 12.2. The minimum absolute atomic E-state index is 0.0483. The molecule has 0 fully saturated rings. The molecule has 0 spiro atoms. The Kier molecular flexibility index (Phi) is 4.49. The summed E-state index contributed by atoms with van der Waals surface area (Å²) in [6.45, 7) is 0.465. The van der Waals surface area contributed by atoms with Crippen molar-refractivity contribution < 1.29 is 9.18 Å². The molecule has 1 aromatic carbocycles. The van der Waals surface area contributed by atoms with Crippen molar-refractivity contribution in [3.63, 3.8) is 0 Å². The number of halogens is 2. The third-order valence-corrected chi connectivity index (χ3v) is 3.77. The standard InChI is InChI=1S/C12H11BrFN3OS/c13-9-4-10(14)11(15)3-8(9)12(18)16-2-1-7-5-19-6-17-7/h3-6H,1-2,15H2,(H,16,18). The summed E-state index contributed by atoms with van der Waals surface area (Å²) >= 11 is 4.66. The minimum atomic E-state index is -0.550. The van der Waals surface area contributed by atoms with Crippen molar-refractivity contribution in [1.29, 1.82) is 0 Å². The van der Waals surface area contributed by atoms with E-state index in [1.165, 1.54) is 23.5 Å². The van der Waals surface area contributed by atoms with E-state index in [0.29, 0.717) is 23.0 Å². The van der Waals surface area contributed by atoms with Gasteiger partial charge in [0.1, 0.15) is 5.82 Å². The molecule has 1 heterocycles. The van der Waals surface area contributed by atoms with Crippen molar-refractivity contribution in [3.8, 4) is 0 Å². The third-order valence-electron chi connectivity index (χ3n) is 2.48. The van der Waals surface area contributed by atoms with E-state index in [2.05, 4.69) is 26.2 Å². The van der Waals surface area contributed by atoms with Crippen LogP contribution < -0.4 is 11.1 Å². The number of nitrogens with one attached hydrogen (secondary N) is 1. The highest BCUT2D eigenvalue weighted by molar-refractivity contribution is 9.10. The van der Waals surface area contributed by atoms with Gasteiger partial charge in [-0.2, -0.15) is 0 Å². The van der Waals surface area contributed by atoms with Crippen LogP contribution >= 0.6 is 27.3 Å². The van der Waals surface area contributed by atoms with Crippen LogP contribution in [0.5, 0.6) is 0 Å². The van der Waals surface area contributed by atoms with Crippen molar-refractivity contribution >= 4 is 38.9 Å². The summed E-state index contributed by atoms with van der Waals surface area (Å²) in [5.74, 6) is -0.847. The summed E-state index contributed by atoms with van der Waals surface area (Å²) in [4.78, 5) is 16.0. The Morgan fingerprint density at radius 3 is 3.00 bits per heavy atom. The first-order valence-electron chi connectivity index (χ1n) is 5.47. The van der Waals surface area contributed by atoms with E-state index in [0.717, 1.165) is 5.69 Å². The fourth-order valence-electron chi connectivity index (χ4n) is 1.50. The first-order chi connectivity index (χ1) is 9.08. The predicted molar refractivity (Wildman–Crippen MR) is 76.7 cm³/mol. The molecule has 0 aliphatic rings. The number of hydrogen-bond donors (Lipinski definition) is 2. The number of carbonyl (C=O) groups is 1. The second kappa shape index (κ2) is 6.12. The Hall–Kier alpha value is -1.47. The number of nitrogen functional groups attached to an aromatic ring is 1. The molecular formula is C12H11BrFN3OS. The molecule has 7 heteroatoms. The van der Waals surface area contributed by atoms with Gasteiger partial charge in [0, 0.05) is 22.8 Å². The molecule has 3 N–H and O–H groups in total. The van der Waals surface area contributed by atoms with Crippen molar-refractivity contribution in [2.24, 2.45) is 0 Å². The lowest BCUT2D eigenvalue weighted by Crippen LogP contribution is -2.26. The maximum absolute atomic E-state index is 13.2. The van der Waals surface area contributed by atoms with Crippen LogP contribution in [0.25, 0.3) is 0 Å². The molecule has 19 heavy (non-hydrogen) atoms. The fraction of sp³-hybridized carbons (Fsp3) is 0.167. The zero-order chi connectivity index (χ0) is 13.8. The molecule has 1 amide bonds. The van der Waals surface area contributed by atoms with Gasteiger partial charge >= 0.3 is 0 Å².